The molecule has 0 fully saturated rings. The Balaban J connectivity index is 1.15. The molecule has 5 heterocycles. The van der Waals surface area contributed by atoms with E-state index in [1.54, 1.807) is 24.7 Å². The normalized spacial score (nSPS) is 11.1. The van der Waals surface area contributed by atoms with E-state index in [4.69, 9.17) is 26.2 Å². The second kappa shape index (κ2) is 11.1. The number of benzene rings is 2. The van der Waals surface area contributed by atoms with Crippen molar-refractivity contribution in [3.05, 3.63) is 121 Å². The first-order valence-electron chi connectivity index (χ1n) is 13.7. The van der Waals surface area contributed by atoms with Crippen molar-refractivity contribution in [3.8, 4) is 50.9 Å². The molecule has 0 bridgehead atoms. The average Bonchev–Trinajstić information content (AvgIpc) is 3.50. The number of hydrogen-bond donors (Lipinski definition) is 3. The molecular weight excluding hydrogens is 536 g/mol. The maximum Gasteiger partial charge on any atom is 0.178 e. The van der Waals surface area contributed by atoms with E-state index in [-0.39, 0.29) is 5.82 Å². The smallest absolute Gasteiger partial charge is 0.178 e. The monoisotopic (exact) mass is 562 g/mol. The second-order valence-electron chi connectivity index (χ2n) is 9.97. The Hall–Kier alpha value is -6.09. The molecule has 7 aromatic rings. The number of nitrogens with zero attached hydrogens (tertiary/aromatic N) is 5. The lowest BCUT2D eigenvalue weighted by molar-refractivity contribution is 0.306. The molecule has 0 aliphatic heterocycles. The lowest BCUT2D eigenvalue weighted by atomic mass is 10.0. The number of aromatic amines is 1. The molecule has 2 aromatic carbocycles. The third-order valence-corrected chi connectivity index (χ3v) is 7.11. The molecule has 0 unspecified atom stereocenters. The molecule has 0 amide bonds. The van der Waals surface area contributed by atoms with Crippen LogP contribution >= 0.6 is 0 Å². The molecule has 9 nitrogen and oxygen atoms in total. The molecule has 0 spiro atoms. The quantitative estimate of drug-likeness (QED) is 0.198. The van der Waals surface area contributed by atoms with Gasteiger partial charge in [-0.25, -0.2) is 15.0 Å². The van der Waals surface area contributed by atoms with E-state index in [2.05, 4.69) is 19.9 Å². The fourth-order valence-corrected chi connectivity index (χ4v) is 4.83. The highest BCUT2D eigenvalue weighted by molar-refractivity contribution is 5.83. The Labute approximate surface area is 247 Å². The van der Waals surface area contributed by atoms with Crippen LogP contribution in [0, 0.1) is 0 Å². The number of nitrogen functional groups attached to an aromatic ring is 2. The van der Waals surface area contributed by atoms with E-state index in [0.717, 1.165) is 56.3 Å². The van der Waals surface area contributed by atoms with E-state index in [9.17, 15) is 0 Å². The first-order valence-corrected chi connectivity index (χ1v) is 13.7. The number of nitrogens with one attached hydrogen (secondary N) is 1. The number of ether oxygens (including phenoxy) is 1. The Morgan fingerprint density at radius 3 is 2.35 bits per heavy atom. The highest BCUT2D eigenvalue weighted by Gasteiger charge is 2.14. The minimum absolute atomic E-state index is 0.283. The van der Waals surface area contributed by atoms with Crippen LogP contribution in [0.2, 0.25) is 0 Å². The fraction of sp³-hybridized carbons (Fsp3) is 0.0294. The third-order valence-electron chi connectivity index (χ3n) is 7.11. The number of nitrogens with two attached hydrogens (primary N) is 2. The van der Waals surface area contributed by atoms with Crippen molar-refractivity contribution in [2.75, 3.05) is 11.5 Å². The number of rotatable bonds is 7. The Kier molecular flexibility index (Phi) is 6.65. The van der Waals surface area contributed by atoms with E-state index >= 15 is 0 Å². The van der Waals surface area contributed by atoms with Gasteiger partial charge in [-0.1, -0.05) is 30.3 Å². The van der Waals surface area contributed by atoms with Crippen LogP contribution in [0.3, 0.4) is 0 Å². The highest BCUT2D eigenvalue weighted by Crippen LogP contribution is 2.33. The number of aromatic nitrogens is 6. The van der Waals surface area contributed by atoms with Crippen LogP contribution in [-0.2, 0) is 6.61 Å². The summed E-state index contributed by atoms with van der Waals surface area (Å²) < 4.78 is 5.92. The van der Waals surface area contributed by atoms with Crippen molar-refractivity contribution in [2.24, 2.45) is 0 Å². The number of pyridine rings is 4. The molecule has 0 radical (unpaired) electrons. The minimum atomic E-state index is 0.283. The maximum atomic E-state index is 5.98. The fourth-order valence-electron chi connectivity index (χ4n) is 4.83. The molecule has 0 atom stereocenters. The van der Waals surface area contributed by atoms with Gasteiger partial charge in [-0.2, -0.15) is 0 Å². The zero-order chi connectivity index (χ0) is 29.2. The molecule has 0 aliphatic carbocycles. The summed E-state index contributed by atoms with van der Waals surface area (Å²) in [5, 5.41) is 0. The Morgan fingerprint density at radius 2 is 1.51 bits per heavy atom. The number of imidazole rings is 1. The largest absolute Gasteiger partial charge is 0.489 e. The summed E-state index contributed by atoms with van der Waals surface area (Å²) in [6.45, 7) is 0.517. The molecule has 9 heteroatoms. The molecule has 7 rings (SSSR count). The molecule has 43 heavy (non-hydrogen) atoms. The first kappa shape index (κ1) is 25.8. The summed E-state index contributed by atoms with van der Waals surface area (Å²) in [7, 11) is 0. The van der Waals surface area contributed by atoms with Crippen molar-refractivity contribution in [1.82, 2.24) is 29.9 Å². The van der Waals surface area contributed by atoms with Crippen LogP contribution in [0.5, 0.6) is 5.75 Å². The van der Waals surface area contributed by atoms with Gasteiger partial charge < -0.3 is 21.2 Å². The standard InChI is InChI=1S/C34H26N8O/c35-27-10-11-29(39-32(27)36)25-15-16-37-19-26(25)31-18-23(14-17-38-31)28-12-13-30-34(40-28)42-33(41-30)22-6-8-24(9-7-22)43-20-21-4-2-1-3-5-21/h1-19H,20,35H2,(H2,36,39)(H,40,41,42). The molecular formula is C34H26N8O. The van der Waals surface area contributed by atoms with Gasteiger partial charge in [0.25, 0.3) is 0 Å². The van der Waals surface area contributed by atoms with Crippen LogP contribution in [0.25, 0.3) is 56.3 Å². The predicted molar refractivity (Wildman–Crippen MR) is 169 cm³/mol. The van der Waals surface area contributed by atoms with E-state index in [1.165, 1.54) is 0 Å². The van der Waals surface area contributed by atoms with Crippen molar-refractivity contribution in [1.29, 1.82) is 0 Å². The summed E-state index contributed by atoms with van der Waals surface area (Å²) in [5.41, 5.74) is 20.6. The van der Waals surface area contributed by atoms with Crippen LogP contribution in [-0.4, -0.2) is 29.9 Å². The van der Waals surface area contributed by atoms with Gasteiger partial charge in [0.05, 0.1) is 28.3 Å². The number of fused-ring (bicyclic) bond motifs is 1. The topological polar surface area (TPSA) is 142 Å². The van der Waals surface area contributed by atoms with Gasteiger partial charge in [0, 0.05) is 40.8 Å². The van der Waals surface area contributed by atoms with Crippen LogP contribution in [0.15, 0.2) is 116 Å². The predicted octanol–water partition coefficient (Wildman–Crippen LogP) is 6.55. The van der Waals surface area contributed by atoms with Gasteiger partial charge in [0.1, 0.15) is 24.0 Å². The lowest BCUT2D eigenvalue weighted by Crippen LogP contribution is -1.99. The van der Waals surface area contributed by atoms with Gasteiger partial charge in [-0.15, -0.1) is 0 Å². The van der Waals surface area contributed by atoms with Gasteiger partial charge in [-0.05, 0) is 72.3 Å². The maximum absolute atomic E-state index is 5.98. The summed E-state index contributed by atoms with van der Waals surface area (Å²) in [6.07, 6.45) is 5.24. The molecule has 0 saturated heterocycles. The van der Waals surface area contributed by atoms with Gasteiger partial charge in [0.2, 0.25) is 0 Å². The van der Waals surface area contributed by atoms with Crippen molar-refractivity contribution in [3.63, 3.8) is 0 Å². The molecule has 5 aromatic heterocycles. The van der Waals surface area contributed by atoms with Crippen LogP contribution < -0.4 is 16.2 Å². The van der Waals surface area contributed by atoms with Crippen molar-refractivity contribution < 1.29 is 4.74 Å². The second-order valence-corrected chi connectivity index (χ2v) is 9.97. The van der Waals surface area contributed by atoms with Crippen molar-refractivity contribution >= 4 is 22.7 Å². The average molecular weight is 563 g/mol. The Bertz CT molecular complexity index is 2060. The zero-order valence-corrected chi connectivity index (χ0v) is 23.0. The summed E-state index contributed by atoms with van der Waals surface area (Å²) in [6, 6.07) is 31.3. The van der Waals surface area contributed by atoms with Crippen LogP contribution in [0.4, 0.5) is 11.5 Å². The van der Waals surface area contributed by atoms with Gasteiger partial charge in [-0.3, -0.25) is 9.97 Å². The van der Waals surface area contributed by atoms with Crippen molar-refractivity contribution in [2.45, 2.75) is 6.61 Å². The number of anilines is 2. The summed E-state index contributed by atoms with van der Waals surface area (Å²) >= 11 is 0. The zero-order valence-electron chi connectivity index (χ0n) is 23.0. The summed E-state index contributed by atoms with van der Waals surface area (Å²) in [4.78, 5) is 26.4. The minimum Gasteiger partial charge on any atom is -0.489 e. The summed E-state index contributed by atoms with van der Waals surface area (Å²) in [5.74, 6) is 1.81. The first-order chi connectivity index (χ1) is 21.1. The third kappa shape index (κ3) is 5.34. The lowest BCUT2D eigenvalue weighted by Gasteiger charge is -2.10. The number of H-pyrrole nitrogens is 1. The van der Waals surface area contributed by atoms with E-state index in [1.807, 2.05) is 91.0 Å². The molecule has 0 aliphatic rings. The van der Waals surface area contributed by atoms with Gasteiger partial charge in [0.15, 0.2) is 5.65 Å². The van der Waals surface area contributed by atoms with E-state index in [0.29, 0.717) is 23.6 Å². The highest BCUT2D eigenvalue weighted by atomic mass is 16.5. The molecule has 0 saturated carbocycles. The van der Waals surface area contributed by atoms with Crippen LogP contribution in [0.1, 0.15) is 5.56 Å². The SMILES string of the molecule is Nc1ccc(-c2ccncc2-c2cc(-c3ccc4[nH]c(-c5ccc(OCc6ccccc6)cc5)nc4n3)ccn2)nc1N. The molecule has 208 valence electrons. The van der Waals surface area contributed by atoms with E-state index < -0.39 is 0 Å². The molecule has 5 N–H and O–H groups in total. The van der Waals surface area contributed by atoms with Gasteiger partial charge >= 0.3 is 0 Å². The number of hydrogen-bond acceptors (Lipinski definition) is 8. The Morgan fingerprint density at radius 1 is 0.674 bits per heavy atom.